The monoisotopic (exact) mass is 168 g/mol. The van der Waals surface area contributed by atoms with Crippen molar-refractivity contribution in [3.05, 3.63) is 0 Å². The van der Waals surface area contributed by atoms with Gasteiger partial charge >= 0.3 is 5.97 Å². The maximum atomic E-state index is 11.1. The zero-order valence-corrected chi connectivity index (χ0v) is 7.09. The van der Waals surface area contributed by atoms with Gasteiger partial charge in [0.15, 0.2) is 12.2 Å². The Bertz CT molecular complexity index is 230. The zero-order chi connectivity index (χ0) is 9.03. The molecule has 0 aliphatic heterocycles. The molecule has 0 aromatic carbocycles. The van der Waals surface area contributed by atoms with Crippen LogP contribution in [0.15, 0.2) is 0 Å². The van der Waals surface area contributed by atoms with Crippen LogP contribution in [-0.2, 0) is 9.53 Å². The van der Waals surface area contributed by atoms with Crippen molar-refractivity contribution in [2.24, 2.45) is 0 Å². The molecule has 0 spiro atoms. The van der Waals surface area contributed by atoms with E-state index >= 15 is 0 Å². The van der Waals surface area contributed by atoms with Crippen LogP contribution in [0.3, 0.4) is 0 Å². The second kappa shape index (κ2) is 3.59. The summed E-state index contributed by atoms with van der Waals surface area (Å²) in [5.41, 5.74) is -1.20. The van der Waals surface area contributed by atoms with Gasteiger partial charge < -0.3 is 9.84 Å². The summed E-state index contributed by atoms with van der Waals surface area (Å²) < 4.78 is 4.73. The normalized spacial score (nSPS) is 18.5. The molecule has 0 heterocycles. The van der Waals surface area contributed by atoms with Crippen molar-refractivity contribution in [2.45, 2.75) is 31.8 Å². The van der Waals surface area contributed by atoms with Gasteiger partial charge in [0.2, 0.25) is 0 Å². The molecule has 1 rings (SSSR count). The maximum Gasteiger partial charge on any atom is 0.339 e. The highest BCUT2D eigenvalue weighted by Gasteiger charge is 2.43. The van der Waals surface area contributed by atoms with Gasteiger partial charge in [-0.05, 0) is 26.2 Å². The Morgan fingerprint density at radius 2 is 2.33 bits per heavy atom. The lowest BCUT2D eigenvalue weighted by Gasteiger charge is -2.33. The van der Waals surface area contributed by atoms with Crippen molar-refractivity contribution in [3.8, 4) is 11.8 Å². The second-order valence-electron chi connectivity index (χ2n) is 2.89. The van der Waals surface area contributed by atoms with Gasteiger partial charge in [-0.1, -0.05) is 5.92 Å². The van der Waals surface area contributed by atoms with Crippen molar-refractivity contribution in [3.63, 3.8) is 0 Å². The molecule has 0 saturated heterocycles. The third-order valence-corrected chi connectivity index (χ3v) is 2.01. The van der Waals surface area contributed by atoms with Crippen LogP contribution in [-0.4, -0.2) is 23.3 Å². The first-order valence-corrected chi connectivity index (χ1v) is 3.98. The van der Waals surface area contributed by atoms with Crippen molar-refractivity contribution < 1.29 is 14.6 Å². The summed E-state index contributed by atoms with van der Waals surface area (Å²) in [6, 6.07) is 0. The van der Waals surface area contributed by atoms with Crippen molar-refractivity contribution in [1.29, 1.82) is 0 Å². The molecule has 0 radical (unpaired) electrons. The molecule has 3 heteroatoms. The predicted molar refractivity (Wildman–Crippen MR) is 43.2 cm³/mol. The molecule has 1 saturated carbocycles. The van der Waals surface area contributed by atoms with E-state index in [1.807, 2.05) is 0 Å². The molecule has 66 valence electrons. The summed E-state index contributed by atoms with van der Waals surface area (Å²) >= 11 is 0. The number of aliphatic hydroxyl groups is 1. The van der Waals surface area contributed by atoms with E-state index in [9.17, 15) is 9.90 Å². The first-order chi connectivity index (χ1) is 5.69. The largest absolute Gasteiger partial charge is 0.450 e. The minimum Gasteiger partial charge on any atom is -0.450 e. The third-order valence-electron chi connectivity index (χ3n) is 2.01. The van der Waals surface area contributed by atoms with Gasteiger partial charge in [0.1, 0.15) is 0 Å². The van der Waals surface area contributed by atoms with Crippen LogP contribution in [0.25, 0.3) is 0 Å². The number of hydrogen-bond donors (Lipinski definition) is 1. The van der Waals surface area contributed by atoms with E-state index < -0.39 is 11.6 Å². The van der Waals surface area contributed by atoms with Gasteiger partial charge in [-0.25, -0.2) is 4.79 Å². The smallest absolute Gasteiger partial charge is 0.339 e. The lowest BCUT2D eigenvalue weighted by molar-refractivity contribution is -0.173. The fraction of sp³-hybridized carbons (Fsp3) is 0.667. The minimum absolute atomic E-state index is 0.0810. The van der Waals surface area contributed by atoms with Crippen molar-refractivity contribution >= 4 is 5.97 Å². The number of esters is 1. The molecule has 12 heavy (non-hydrogen) atoms. The van der Waals surface area contributed by atoms with E-state index in [2.05, 4.69) is 11.8 Å². The predicted octanol–water partition coefficient (Wildman–Crippen LogP) is 0.468. The van der Waals surface area contributed by atoms with Gasteiger partial charge in [-0.15, -0.1) is 5.92 Å². The average molecular weight is 168 g/mol. The molecule has 1 N–H and O–H groups in total. The van der Waals surface area contributed by atoms with Crippen LogP contribution in [0.4, 0.5) is 0 Å². The zero-order valence-electron chi connectivity index (χ0n) is 7.09. The summed E-state index contributed by atoms with van der Waals surface area (Å²) in [6.07, 6.45) is 1.93. The minimum atomic E-state index is -1.20. The molecule has 3 nitrogen and oxygen atoms in total. The standard InChI is InChI=1S/C9H12O3/c1-2-3-7-12-8(10)9(11)5-4-6-9/h11H,4-7H2,1H3. The lowest BCUT2D eigenvalue weighted by atomic mass is 9.80. The molecule has 0 aromatic rings. The van der Waals surface area contributed by atoms with Crippen LogP contribution in [0, 0.1) is 11.8 Å². The Morgan fingerprint density at radius 3 is 2.75 bits per heavy atom. The van der Waals surface area contributed by atoms with Crippen LogP contribution < -0.4 is 0 Å². The van der Waals surface area contributed by atoms with E-state index in [-0.39, 0.29) is 6.61 Å². The van der Waals surface area contributed by atoms with Crippen LogP contribution in [0.2, 0.25) is 0 Å². The van der Waals surface area contributed by atoms with Crippen LogP contribution >= 0.6 is 0 Å². The number of hydrogen-bond acceptors (Lipinski definition) is 3. The van der Waals surface area contributed by atoms with Crippen molar-refractivity contribution in [2.75, 3.05) is 6.61 Å². The highest BCUT2D eigenvalue weighted by atomic mass is 16.5. The molecule has 1 aliphatic carbocycles. The van der Waals surface area contributed by atoms with E-state index in [0.29, 0.717) is 12.8 Å². The maximum absolute atomic E-state index is 11.1. The SMILES string of the molecule is CC#CCOC(=O)C1(O)CCC1. The Labute approximate surface area is 71.7 Å². The van der Waals surface area contributed by atoms with Gasteiger partial charge in [0.05, 0.1) is 0 Å². The topological polar surface area (TPSA) is 46.5 Å². The fourth-order valence-corrected chi connectivity index (χ4v) is 1.02. The fourth-order valence-electron chi connectivity index (χ4n) is 1.02. The van der Waals surface area contributed by atoms with Crippen LogP contribution in [0.1, 0.15) is 26.2 Å². The van der Waals surface area contributed by atoms with Gasteiger partial charge in [0.25, 0.3) is 0 Å². The number of carbonyl (C=O) groups is 1. The van der Waals surface area contributed by atoms with Crippen molar-refractivity contribution in [1.82, 2.24) is 0 Å². The molecule has 0 unspecified atom stereocenters. The average Bonchev–Trinajstić information content (AvgIpc) is 2.00. The van der Waals surface area contributed by atoms with E-state index in [0.717, 1.165) is 6.42 Å². The molecule has 0 amide bonds. The van der Waals surface area contributed by atoms with Gasteiger partial charge in [-0.2, -0.15) is 0 Å². The van der Waals surface area contributed by atoms with Crippen LogP contribution in [0.5, 0.6) is 0 Å². The summed E-state index contributed by atoms with van der Waals surface area (Å²) in [7, 11) is 0. The molecule has 1 aliphatic rings. The van der Waals surface area contributed by atoms with Gasteiger partial charge in [-0.3, -0.25) is 0 Å². The molecular weight excluding hydrogens is 156 g/mol. The molecule has 0 bridgehead atoms. The lowest BCUT2D eigenvalue weighted by Crippen LogP contribution is -2.46. The number of carbonyl (C=O) groups excluding carboxylic acids is 1. The highest BCUT2D eigenvalue weighted by molar-refractivity contribution is 5.80. The first kappa shape index (κ1) is 9.08. The molecule has 0 aromatic heterocycles. The summed E-state index contributed by atoms with van der Waals surface area (Å²) in [5.74, 6) is 4.67. The molecule has 0 atom stereocenters. The number of ether oxygens (including phenoxy) is 1. The van der Waals surface area contributed by atoms with E-state index in [1.54, 1.807) is 6.92 Å². The second-order valence-corrected chi connectivity index (χ2v) is 2.89. The molecule has 1 fully saturated rings. The Hall–Kier alpha value is -1.01. The Balaban J connectivity index is 2.31. The quantitative estimate of drug-likeness (QED) is 0.481. The highest BCUT2D eigenvalue weighted by Crippen LogP contribution is 2.32. The summed E-state index contributed by atoms with van der Waals surface area (Å²) in [4.78, 5) is 11.1. The molecular formula is C9H12O3. The van der Waals surface area contributed by atoms with E-state index in [1.165, 1.54) is 0 Å². The summed E-state index contributed by atoms with van der Waals surface area (Å²) in [6.45, 7) is 1.75. The Morgan fingerprint density at radius 1 is 1.67 bits per heavy atom. The van der Waals surface area contributed by atoms with E-state index in [4.69, 9.17) is 4.74 Å². The number of rotatable bonds is 2. The first-order valence-electron chi connectivity index (χ1n) is 3.98. The third kappa shape index (κ3) is 1.77. The summed E-state index contributed by atoms with van der Waals surface area (Å²) in [5, 5.41) is 9.46. The Kier molecular flexibility index (Phi) is 2.72. The van der Waals surface area contributed by atoms with Gasteiger partial charge in [0, 0.05) is 0 Å².